The first kappa shape index (κ1) is 93.9. The third kappa shape index (κ3) is 73.9. The Morgan fingerprint density at radius 3 is 0.889 bits per heavy atom. The lowest BCUT2D eigenvalue weighted by atomic mass is 10.0. The lowest BCUT2D eigenvalue weighted by Crippen LogP contribution is -2.30. The zero-order chi connectivity index (χ0) is 72.3. The fourth-order valence-corrected chi connectivity index (χ4v) is 10.8. The molecule has 562 valence electrons. The van der Waals surface area contributed by atoms with Crippen LogP contribution in [0.25, 0.3) is 0 Å². The first-order valence-electron chi connectivity index (χ1n) is 37.4. The normalized spacial score (nSPS) is 15.0. The van der Waals surface area contributed by atoms with Crippen molar-refractivity contribution in [2.45, 2.75) is 283 Å². The first-order valence-corrected chi connectivity index (χ1v) is 40.4. The zero-order valence-corrected chi connectivity index (χ0v) is 62.9. The number of aliphatic hydroxyl groups is 2. The topological polar surface area (TPSA) is 231 Å². The molecule has 0 spiro atoms. The highest BCUT2D eigenvalue weighted by molar-refractivity contribution is 7.47. The summed E-state index contributed by atoms with van der Waals surface area (Å²) in [6, 6.07) is 0. The molecule has 18 heteroatoms. The van der Waals surface area contributed by atoms with Gasteiger partial charge in [0.05, 0.1) is 26.4 Å². The lowest BCUT2D eigenvalue weighted by Gasteiger charge is -2.21. The van der Waals surface area contributed by atoms with Crippen molar-refractivity contribution in [3.05, 3.63) is 170 Å². The highest BCUT2D eigenvalue weighted by atomic mass is 31.2. The van der Waals surface area contributed by atoms with Gasteiger partial charge in [-0.3, -0.25) is 32.5 Å². The molecule has 0 aliphatic rings. The summed E-state index contributed by atoms with van der Waals surface area (Å²) >= 11 is 0. The number of allylic oxidation sites excluding steroid dienone is 28. The minimum atomic E-state index is -4.96. The molecule has 0 saturated carbocycles. The Hall–Kier alpha value is -5.09. The summed E-state index contributed by atoms with van der Waals surface area (Å²) in [5.74, 6) is -1.70. The molecule has 4 N–H and O–H groups in total. The number of carbonyl (C=O) groups is 3. The second-order valence-electron chi connectivity index (χ2n) is 24.3. The van der Waals surface area contributed by atoms with Gasteiger partial charge in [-0.15, -0.1) is 0 Å². The smallest absolute Gasteiger partial charge is 0.463 e. The molecular formula is C81H132O16P2. The van der Waals surface area contributed by atoms with E-state index in [1.807, 2.05) is 12.2 Å². The molecule has 0 amide bonds. The van der Waals surface area contributed by atoms with E-state index in [4.69, 9.17) is 32.3 Å². The maximum absolute atomic E-state index is 12.9. The molecule has 0 saturated heterocycles. The van der Waals surface area contributed by atoms with E-state index in [2.05, 4.69) is 179 Å². The summed E-state index contributed by atoms with van der Waals surface area (Å²) in [5, 5.41) is 20.6. The number of rotatable bonds is 69. The van der Waals surface area contributed by atoms with E-state index in [9.17, 15) is 43.5 Å². The van der Waals surface area contributed by atoms with Crippen molar-refractivity contribution in [1.29, 1.82) is 0 Å². The molecule has 0 aromatic heterocycles. The van der Waals surface area contributed by atoms with Gasteiger partial charge in [-0.05, 0) is 148 Å². The van der Waals surface area contributed by atoms with Crippen LogP contribution in [0.1, 0.15) is 265 Å². The second-order valence-corrected chi connectivity index (χ2v) is 27.2. The molecule has 0 fully saturated rings. The number of esters is 3. The summed E-state index contributed by atoms with van der Waals surface area (Å²) in [6.45, 7) is 2.28. The maximum atomic E-state index is 12.9. The predicted molar refractivity (Wildman–Crippen MR) is 408 cm³/mol. The maximum Gasteiger partial charge on any atom is 0.472 e. The summed E-state index contributed by atoms with van der Waals surface area (Å²) in [7, 11) is -9.83. The number of unbranched alkanes of at least 4 members (excludes halogenated alkanes) is 18. The van der Waals surface area contributed by atoms with Gasteiger partial charge in [0.1, 0.15) is 25.4 Å². The van der Waals surface area contributed by atoms with Crippen LogP contribution in [0.5, 0.6) is 0 Å². The number of aliphatic hydroxyl groups excluding tert-OH is 2. The number of hydrogen-bond donors (Lipinski definition) is 4. The molecule has 16 nitrogen and oxygen atoms in total. The standard InChI is InChI=1S/C81H132O16P2/c1-4-7-10-13-16-19-22-25-28-31-33-34-35-36-37-38-39-40-42-45-46-49-52-55-58-61-64-67-79(84)91-70-76(82)71-93-98(87,88)94-72-77(83)73-95-99(89,90)96-75-78(97-81(86)69-66-63-60-57-54-51-48-43-30-27-24-21-18-15-12-9-6-3)74-92-80(85)68-65-62-59-56-53-50-47-44-41-32-29-26-23-20-17-14-11-8-5-2/h8-9,11-12,16-21,25-30,33-34,36-37,41,44,48,50-51,53,57,60,76-78,82-83H,4-7,10,13-15,22-24,31-32,35,38-40,42-43,45-47,49,52,54-56,58-59,61-75H2,1-3H3,(H,87,88)(H,89,90)/b11-8-,12-9-,19-16-,20-17-,21-18-,28-25-,29-26-,30-27-,34-33-,37-36-,44-41-,51-48-,53-50-,60-57-. The summed E-state index contributed by atoms with van der Waals surface area (Å²) in [6.07, 6.45) is 91.3. The number of phosphoric ester groups is 2. The molecule has 0 radical (unpaired) electrons. The van der Waals surface area contributed by atoms with E-state index >= 15 is 0 Å². The zero-order valence-electron chi connectivity index (χ0n) is 61.1. The first-order chi connectivity index (χ1) is 48.2. The molecular weight excluding hydrogens is 1290 g/mol. The Bertz CT molecular complexity index is 2480. The third-order valence-electron chi connectivity index (χ3n) is 14.9. The van der Waals surface area contributed by atoms with Crippen molar-refractivity contribution in [2.75, 3.05) is 39.6 Å². The molecule has 0 aliphatic heterocycles. The van der Waals surface area contributed by atoms with E-state index in [0.29, 0.717) is 25.7 Å². The van der Waals surface area contributed by atoms with Crippen LogP contribution in [-0.4, -0.2) is 95.9 Å². The Morgan fingerprint density at radius 1 is 0.293 bits per heavy atom. The van der Waals surface area contributed by atoms with Crippen LogP contribution in [0.2, 0.25) is 0 Å². The van der Waals surface area contributed by atoms with Crippen LogP contribution in [-0.2, 0) is 55.8 Å². The monoisotopic (exact) mass is 1420 g/mol. The van der Waals surface area contributed by atoms with Gasteiger partial charge in [0.2, 0.25) is 0 Å². The van der Waals surface area contributed by atoms with E-state index in [1.165, 1.54) is 70.6 Å². The van der Waals surface area contributed by atoms with Crippen LogP contribution in [0, 0.1) is 0 Å². The minimum Gasteiger partial charge on any atom is -0.463 e. The minimum absolute atomic E-state index is 0.0118. The van der Waals surface area contributed by atoms with Gasteiger partial charge in [0, 0.05) is 19.3 Å². The van der Waals surface area contributed by atoms with Crippen LogP contribution in [0.4, 0.5) is 0 Å². The molecule has 99 heavy (non-hydrogen) atoms. The lowest BCUT2D eigenvalue weighted by molar-refractivity contribution is -0.161. The van der Waals surface area contributed by atoms with E-state index in [-0.39, 0.29) is 19.3 Å². The van der Waals surface area contributed by atoms with Crippen molar-refractivity contribution in [3.63, 3.8) is 0 Å². The van der Waals surface area contributed by atoms with Crippen LogP contribution < -0.4 is 0 Å². The average Bonchev–Trinajstić information content (AvgIpc) is 3.78. The Kier molecular flexibility index (Phi) is 69.0. The van der Waals surface area contributed by atoms with Crippen LogP contribution in [0.15, 0.2) is 170 Å². The van der Waals surface area contributed by atoms with E-state index < -0.39 is 91.5 Å². The summed E-state index contributed by atoms with van der Waals surface area (Å²) < 4.78 is 60.9. The second kappa shape index (κ2) is 72.7. The van der Waals surface area contributed by atoms with Gasteiger partial charge in [0.15, 0.2) is 6.10 Å². The number of ether oxygens (including phenoxy) is 3. The number of carbonyl (C=O) groups excluding carboxylic acids is 3. The van der Waals surface area contributed by atoms with E-state index in [0.717, 1.165) is 128 Å². The van der Waals surface area contributed by atoms with Gasteiger partial charge in [0.25, 0.3) is 0 Å². The fraction of sp³-hybridized carbons (Fsp3) is 0.617. The van der Waals surface area contributed by atoms with Crippen LogP contribution in [0.3, 0.4) is 0 Å². The van der Waals surface area contributed by atoms with Gasteiger partial charge in [-0.25, -0.2) is 9.13 Å². The molecule has 0 aliphatic carbocycles. The van der Waals surface area contributed by atoms with Crippen molar-refractivity contribution in [2.24, 2.45) is 0 Å². The van der Waals surface area contributed by atoms with Gasteiger partial charge < -0.3 is 34.2 Å². The largest absolute Gasteiger partial charge is 0.472 e. The van der Waals surface area contributed by atoms with Gasteiger partial charge in [-0.1, -0.05) is 268 Å². The van der Waals surface area contributed by atoms with E-state index in [1.54, 1.807) is 0 Å². The molecule has 0 aromatic rings. The summed E-state index contributed by atoms with van der Waals surface area (Å²) in [5.41, 5.74) is 0. The summed E-state index contributed by atoms with van der Waals surface area (Å²) in [4.78, 5) is 58.5. The van der Waals surface area contributed by atoms with Crippen molar-refractivity contribution in [3.8, 4) is 0 Å². The van der Waals surface area contributed by atoms with Crippen molar-refractivity contribution < 1.29 is 75.8 Å². The van der Waals surface area contributed by atoms with Crippen molar-refractivity contribution >= 4 is 33.6 Å². The van der Waals surface area contributed by atoms with Crippen molar-refractivity contribution in [1.82, 2.24) is 0 Å². The number of hydrogen-bond acceptors (Lipinski definition) is 14. The average molecular weight is 1420 g/mol. The Balaban J connectivity index is 4.67. The molecule has 0 aromatic carbocycles. The molecule has 0 bridgehead atoms. The third-order valence-corrected chi connectivity index (χ3v) is 16.8. The van der Waals surface area contributed by atoms with Gasteiger partial charge >= 0.3 is 33.6 Å². The predicted octanol–water partition coefficient (Wildman–Crippen LogP) is 21.6. The molecule has 0 rings (SSSR count). The SMILES string of the molecule is CC/C=C\C/C=C\C/C=C\C/C=C\C/C=C\CCCCCC(=O)OCC(COP(=O)(O)OCC(O)COP(=O)(O)OCC(O)COC(=O)CCCCCCCCCCCCC/C=C\C/C=C\C/C=C\C/C=C\CCCCC)OC(=O)CCC/C=C\C/C=C\C/C=C\C/C=C\C/C=C\CC. The quantitative estimate of drug-likeness (QED) is 0.0146. The highest BCUT2D eigenvalue weighted by Gasteiger charge is 2.29. The molecule has 0 heterocycles. The molecule has 5 atom stereocenters. The Morgan fingerprint density at radius 2 is 0.545 bits per heavy atom. The Labute approximate surface area is 599 Å². The van der Waals surface area contributed by atoms with Gasteiger partial charge in [-0.2, -0.15) is 0 Å². The molecule has 5 unspecified atom stereocenters. The highest BCUT2D eigenvalue weighted by Crippen LogP contribution is 2.45. The fourth-order valence-electron chi connectivity index (χ4n) is 9.26. The number of phosphoric acid groups is 2. The van der Waals surface area contributed by atoms with Crippen LogP contribution >= 0.6 is 15.6 Å².